The first kappa shape index (κ1) is 13.3. The number of rotatable bonds is 4. The van der Waals surface area contributed by atoms with Gasteiger partial charge in [-0.2, -0.15) is 0 Å². The Morgan fingerprint density at radius 1 is 1.50 bits per heavy atom. The van der Waals surface area contributed by atoms with Crippen molar-refractivity contribution in [2.75, 3.05) is 12.4 Å². The van der Waals surface area contributed by atoms with E-state index in [1.807, 2.05) is 6.07 Å². The third-order valence-electron chi connectivity index (χ3n) is 3.02. The zero-order valence-electron chi connectivity index (χ0n) is 9.83. The summed E-state index contributed by atoms with van der Waals surface area (Å²) in [5.41, 5.74) is 5.62. The SMILES string of the molecule is COc1cc(Br)cc(NC(=O)C2(C(N)=S)CC2)c1. The number of thiocarbonyl (C=S) groups is 1. The number of methoxy groups -OCH3 is 1. The number of nitrogens with one attached hydrogen (secondary N) is 1. The van der Waals surface area contributed by atoms with Gasteiger partial charge in [0, 0.05) is 16.2 Å². The molecular formula is C12H13BrN2O2S. The van der Waals surface area contributed by atoms with Crippen LogP contribution in [0.5, 0.6) is 5.75 Å². The quantitative estimate of drug-likeness (QED) is 0.833. The molecule has 6 heteroatoms. The molecule has 2 rings (SSSR count). The molecule has 1 fully saturated rings. The van der Waals surface area contributed by atoms with E-state index in [-0.39, 0.29) is 10.9 Å². The molecule has 1 aromatic rings. The smallest absolute Gasteiger partial charge is 0.237 e. The van der Waals surface area contributed by atoms with Crippen molar-refractivity contribution in [3.63, 3.8) is 0 Å². The van der Waals surface area contributed by atoms with Gasteiger partial charge in [-0.15, -0.1) is 0 Å². The fourth-order valence-electron chi connectivity index (χ4n) is 1.71. The van der Waals surface area contributed by atoms with E-state index in [0.717, 1.165) is 17.3 Å². The van der Waals surface area contributed by atoms with E-state index in [1.165, 1.54) is 0 Å². The minimum atomic E-state index is -0.648. The molecule has 4 nitrogen and oxygen atoms in total. The van der Waals surface area contributed by atoms with Crippen LogP contribution >= 0.6 is 28.1 Å². The Kier molecular flexibility index (Phi) is 3.59. The van der Waals surface area contributed by atoms with Crippen LogP contribution in [0.2, 0.25) is 0 Å². The first-order chi connectivity index (χ1) is 8.48. The number of benzene rings is 1. The third-order valence-corrected chi connectivity index (χ3v) is 3.87. The van der Waals surface area contributed by atoms with Crippen LogP contribution in [0.3, 0.4) is 0 Å². The van der Waals surface area contributed by atoms with Gasteiger partial charge in [0.1, 0.15) is 5.75 Å². The van der Waals surface area contributed by atoms with Crippen LogP contribution in [0.1, 0.15) is 12.8 Å². The Labute approximate surface area is 119 Å². The molecule has 1 aliphatic carbocycles. The van der Waals surface area contributed by atoms with E-state index in [1.54, 1.807) is 19.2 Å². The Morgan fingerprint density at radius 3 is 2.67 bits per heavy atom. The largest absolute Gasteiger partial charge is 0.497 e. The lowest BCUT2D eigenvalue weighted by atomic mass is 10.1. The fraction of sp³-hybridized carbons (Fsp3) is 0.333. The highest BCUT2D eigenvalue weighted by atomic mass is 79.9. The van der Waals surface area contributed by atoms with Crippen molar-refractivity contribution in [1.29, 1.82) is 0 Å². The fourth-order valence-corrected chi connectivity index (χ4v) is 2.48. The normalized spacial score (nSPS) is 15.9. The highest BCUT2D eigenvalue weighted by Gasteiger charge is 2.52. The van der Waals surface area contributed by atoms with Crippen molar-refractivity contribution < 1.29 is 9.53 Å². The van der Waals surface area contributed by atoms with Crippen LogP contribution in [-0.2, 0) is 4.79 Å². The first-order valence-corrected chi connectivity index (χ1v) is 6.64. The van der Waals surface area contributed by atoms with Gasteiger partial charge in [-0.1, -0.05) is 28.1 Å². The monoisotopic (exact) mass is 328 g/mol. The van der Waals surface area contributed by atoms with Gasteiger partial charge < -0.3 is 15.8 Å². The highest BCUT2D eigenvalue weighted by Crippen LogP contribution is 2.47. The van der Waals surface area contributed by atoms with Crippen molar-refractivity contribution in [2.45, 2.75) is 12.8 Å². The molecule has 0 bridgehead atoms. The van der Waals surface area contributed by atoms with Crippen molar-refractivity contribution >= 4 is 44.7 Å². The van der Waals surface area contributed by atoms with E-state index in [0.29, 0.717) is 11.4 Å². The molecule has 0 spiro atoms. The summed E-state index contributed by atoms with van der Waals surface area (Å²) in [5, 5.41) is 2.83. The van der Waals surface area contributed by atoms with Crippen LogP contribution in [0.15, 0.2) is 22.7 Å². The molecule has 0 atom stereocenters. The maximum atomic E-state index is 12.1. The molecule has 0 unspecified atom stereocenters. The van der Waals surface area contributed by atoms with Gasteiger partial charge in [0.25, 0.3) is 0 Å². The Balaban J connectivity index is 2.17. The number of anilines is 1. The summed E-state index contributed by atoms with van der Waals surface area (Å²) in [4.78, 5) is 12.4. The van der Waals surface area contributed by atoms with Gasteiger partial charge in [-0.3, -0.25) is 4.79 Å². The van der Waals surface area contributed by atoms with Gasteiger partial charge in [0.05, 0.1) is 17.5 Å². The first-order valence-electron chi connectivity index (χ1n) is 5.44. The lowest BCUT2D eigenvalue weighted by molar-refractivity contribution is -0.118. The van der Waals surface area contributed by atoms with Gasteiger partial charge in [-0.05, 0) is 25.0 Å². The molecule has 0 heterocycles. The van der Waals surface area contributed by atoms with E-state index < -0.39 is 5.41 Å². The average molecular weight is 329 g/mol. The summed E-state index contributed by atoms with van der Waals surface area (Å²) in [5.74, 6) is 0.523. The number of carbonyl (C=O) groups excluding carboxylic acids is 1. The lowest BCUT2D eigenvalue weighted by Gasteiger charge is -2.14. The molecule has 1 aliphatic rings. The van der Waals surface area contributed by atoms with Crippen LogP contribution in [-0.4, -0.2) is 18.0 Å². The molecule has 0 aromatic heterocycles. The summed E-state index contributed by atoms with van der Waals surface area (Å²) in [6, 6.07) is 5.37. The highest BCUT2D eigenvalue weighted by molar-refractivity contribution is 9.10. The predicted octanol–water partition coefficient (Wildman–Crippen LogP) is 2.46. The lowest BCUT2D eigenvalue weighted by Crippen LogP contribution is -2.35. The van der Waals surface area contributed by atoms with E-state index >= 15 is 0 Å². The zero-order valence-corrected chi connectivity index (χ0v) is 12.2. The van der Waals surface area contributed by atoms with Crippen LogP contribution < -0.4 is 15.8 Å². The summed E-state index contributed by atoms with van der Waals surface area (Å²) < 4.78 is 5.97. The molecule has 96 valence electrons. The number of amides is 1. The second-order valence-corrected chi connectivity index (χ2v) is 5.64. The minimum Gasteiger partial charge on any atom is -0.497 e. The molecule has 0 aliphatic heterocycles. The van der Waals surface area contributed by atoms with Gasteiger partial charge in [0.15, 0.2) is 0 Å². The van der Waals surface area contributed by atoms with E-state index in [9.17, 15) is 4.79 Å². The Hall–Kier alpha value is -1.14. The molecule has 0 saturated heterocycles. The Morgan fingerprint density at radius 2 is 2.17 bits per heavy atom. The summed E-state index contributed by atoms with van der Waals surface area (Å²) in [6.45, 7) is 0. The third kappa shape index (κ3) is 2.49. The predicted molar refractivity (Wildman–Crippen MR) is 77.8 cm³/mol. The van der Waals surface area contributed by atoms with E-state index in [4.69, 9.17) is 22.7 Å². The molecule has 1 saturated carbocycles. The molecule has 18 heavy (non-hydrogen) atoms. The van der Waals surface area contributed by atoms with Gasteiger partial charge in [-0.25, -0.2) is 0 Å². The summed E-state index contributed by atoms with van der Waals surface area (Å²) in [6.07, 6.45) is 1.44. The van der Waals surface area contributed by atoms with Gasteiger partial charge in [0.2, 0.25) is 5.91 Å². The van der Waals surface area contributed by atoms with Gasteiger partial charge >= 0.3 is 0 Å². The number of hydrogen-bond acceptors (Lipinski definition) is 3. The molecule has 1 aromatic carbocycles. The topological polar surface area (TPSA) is 64.3 Å². The number of hydrogen-bond donors (Lipinski definition) is 2. The molecule has 0 radical (unpaired) electrons. The summed E-state index contributed by atoms with van der Waals surface area (Å²) >= 11 is 8.30. The molecule has 1 amide bonds. The second kappa shape index (κ2) is 4.85. The maximum Gasteiger partial charge on any atom is 0.237 e. The van der Waals surface area contributed by atoms with Crippen molar-refractivity contribution in [2.24, 2.45) is 11.1 Å². The Bertz CT molecular complexity index is 515. The molecular weight excluding hydrogens is 316 g/mol. The number of ether oxygens (including phenoxy) is 1. The number of carbonyl (C=O) groups is 1. The minimum absolute atomic E-state index is 0.143. The zero-order chi connectivity index (χ0) is 13.3. The number of nitrogens with two attached hydrogens (primary N) is 1. The standard InChI is InChI=1S/C12H13BrN2O2S/c1-17-9-5-7(13)4-8(6-9)15-11(16)12(2-3-12)10(14)18/h4-6H,2-3H2,1H3,(H2,14,18)(H,15,16). The van der Waals surface area contributed by atoms with Crippen molar-refractivity contribution in [1.82, 2.24) is 0 Å². The summed E-state index contributed by atoms with van der Waals surface area (Å²) in [7, 11) is 1.57. The second-order valence-electron chi connectivity index (χ2n) is 4.28. The van der Waals surface area contributed by atoms with Crippen molar-refractivity contribution in [3.05, 3.63) is 22.7 Å². The van der Waals surface area contributed by atoms with Crippen LogP contribution in [0.25, 0.3) is 0 Å². The van der Waals surface area contributed by atoms with Crippen LogP contribution in [0.4, 0.5) is 5.69 Å². The maximum absolute atomic E-state index is 12.1. The van der Waals surface area contributed by atoms with E-state index in [2.05, 4.69) is 21.2 Å². The number of halogens is 1. The molecule has 3 N–H and O–H groups in total. The average Bonchev–Trinajstić information content (AvgIpc) is 3.09. The van der Waals surface area contributed by atoms with Crippen molar-refractivity contribution in [3.8, 4) is 5.75 Å². The van der Waals surface area contributed by atoms with Crippen LogP contribution in [0, 0.1) is 5.41 Å².